The highest BCUT2D eigenvalue weighted by molar-refractivity contribution is 6.21. The molecule has 14 heavy (non-hydrogen) atoms. The molecule has 3 heteroatoms. The highest BCUT2D eigenvalue weighted by Gasteiger charge is 2.11. The summed E-state index contributed by atoms with van der Waals surface area (Å²) in [7, 11) is 0. The highest BCUT2D eigenvalue weighted by Crippen LogP contribution is 2.24. The maximum atomic E-state index is 10.4. The van der Waals surface area contributed by atoms with Crippen molar-refractivity contribution in [2.24, 2.45) is 0 Å². The molecule has 1 aromatic carbocycles. The van der Waals surface area contributed by atoms with Crippen molar-refractivity contribution in [3.63, 3.8) is 0 Å². The number of benzene rings is 1. The molecule has 0 aromatic heterocycles. The number of rotatable bonds is 4. The molecule has 0 saturated heterocycles. The minimum absolute atomic E-state index is 0.0347. The molecule has 0 fully saturated rings. The van der Waals surface area contributed by atoms with Crippen LogP contribution in [-0.2, 0) is 11.2 Å². The number of alkyl halides is 1. The van der Waals surface area contributed by atoms with Gasteiger partial charge in [0.1, 0.15) is 0 Å². The lowest BCUT2D eigenvalue weighted by Crippen LogP contribution is -2.00. The summed E-state index contributed by atoms with van der Waals surface area (Å²) in [5, 5.41) is 8.13. The second-order valence-electron chi connectivity index (χ2n) is 3.16. The molecule has 0 amide bonds. The van der Waals surface area contributed by atoms with Gasteiger partial charge < -0.3 is 5.11 Å². The molecule has 1 aromatic rings. The van der Waals surface area contributed by atoms with Gasteiger partial charge in [-0.15, -0.1) is 11.6 Å². The normalized spacial score (nSPS) is 12.4. The Balaban J connectivity index is 2.71. The average Bonchev–Trinajstić information content (AvgIpc) is 2.17. The molecule has 0 saturated carbocycles. The van der Waals surface area contributed by atoms with E-state index < -0.39 is 11.3 Å². The number of aryl methyl sites for hydroxylation is 1. The van der Waals surface area contributed by atoms with Crippen LogP contribution in [0.1, 0.15) is 29.8 Å². The first kappa shape index (κ1) is 11.1. The quantitative estimate of drug-likeness (QED) is 0.780. The van der Waals surface area contributed by atoms with Crippen LogP contribution in [0, 0.1) is 0 Å². The van der Waals surface area contributed by atoms with Crippen LogP contribution < -0.4 is 0 Å². The molecule has 0 bridgehead atoms. The molecule has 0 aliphatic rings. The van der Waals surface area contributed by atoms with E-state index >= 15 is 0 Å². The van der Waals surface area contributed by atoms with Gasteiger partial charge in [0, 0.05) is 0 Å². The maximum Gasteiger partial charge on any atom is 0.305 e. The van der Waals surface area contributed by atoms with Gasteiger partial charge >= 0.3 is 5.97 Å². The van der Waals surface area contributed by atoms with Crippen molar-refractivity contribution in [3.05, 3.63) is 35.4 Å². The summed E-state index contributed by atoms with van der Waals surface area (Å²) >= 11 is 5.92. The fourth-order valence-electron chi connectivity index (χ4n) is 1.23. The summed E-state index contributed by atoms with van der Waals surface area (Å²) < 4.78 is 0. The number of carbonyl (C=O) groups is 1. The molecule has 2 nitrogen and oxygen atoms in total. The number of hydrogen-bond acceptors (Lipinski definition) is 1. The zero-order valence-electron chi connectivity index (χ0n) is 8.03. The molecule has 1 unspecified atom stereocenters. The molecule has 0 aliphatic heterocycles. The minimum Gasteiger partial charge on any atom is -0.481 e. The van der Waals surface area contributed by atoms with E-state index in [1.54, 1.807) is 0 Å². The van der Waals surface area contributed by atoms with E-state index in [-0.39, 0.29) is 6.42 Å². The van der Waals surface area contributed by atoms with Crippen molar-refractivity contribution >= 4 is 17.6 Å². The fraction of sp³-hybridized carbons (Fsp3) is 0.364. The van der Waals surface area contributed by atoms with E-state index in [4.69, 9.17) is 16.7 Å². The molecule has 0 radical (unpaired) electrons. The Morgan fingerprint density at radius 3 is 2.43 bits per heavy atom. The van der Waals surface area contributed by atoms with Crippen molar-refractivity contribution in [2.75, 3.05) is 0 Å². The standard InChI is InChI=1S/C11H13ClO2/c1-2-8-3-5-9(6-4-8)10(12)7-11(13)14/h3-6,10H,2,7H2,1H3,(H,13,14). The predicted molar refractivity (Wildman–Crippen MR) is 56.7 cm³/mol. The van der Waals surface area contributed by atoms with Crippen LogP contribution >= 0.6 is 11.6 Å². The van der Waals surface area contributed by atoms with Crippen molar-refractivity contribution < 1.29 is 9.90 Å². The number of carboxylic acids is 1. The Bertz CT molecular complexity index is 306. The van der Waals surface area contributed by atoms with E-state index in [9.17, 15) is 4.79 Å². The lowest BCUT2D eigenvalue weighted by atomic mass is 10.1. The molecule has 1 rings (SSSR count). The Morgan fingerprint density at radius 1 is 1.43 bits per heavy atom. The van der Waals surface area contributed by atoms with Gasteiger partial charge in [0.25, 0.3) is 0 Å². The fourth-order valence-corrected chi connectivity index (χ4v) is 1.51. The van der Waals surface area contributed by atoms with Crippen LogP contribution in [0.25, 0.3) is 0 Å². The highest BCUT2D eigenvalue weighted by atomic mass is 35.5. The zero-order valence-corrected chi connectivity index (χ0v) is 8.79. The third-order valence-corrected chi connectivity index (χ3v) is 2.51. The molecule has 1 atom stereocenters. The monoisotopic (exact) mass is 212 g/mol. The third-order valence-electron chi connectivity index (χ3n) is 2.10. The minimum atomic E-state index is -0.871. The van der Waals surface area contributed by atoms with Crippen LogP contribution in [0.2, 0.25) is 0 Å². The number of carboxylic acid groups (broad SMARTS) is 1. The van der Waals surface area contributed by atoms with Crippen LogP contribution in [-0.4, -0.2) is 11.1 Å². The Hall–Kier alpha value is -1.02. The van der Waals surface area contributed by atoms with Crippen LogP contribution in [0.15, 0.2) is 24.3 Å². The molecule has 0 aliphatic carbocycles. The van der Waals surface area contributed by atoms with Crippen molar-refractivity contribution in [1.82, 2.24) is 0 Å². The first-order chi connectivity index (χ1) is 6.63. The van der Waals surface area contributed by atoms with E-state index in [1.165, 1.54) is 5.56 Å². The molecule has 1 N–H and O–H groups in total. The Morgan fingerprint density at radius 2 is 2.00 bits per heavy atom. The summed E-state index contributed by atoms with van der Waals surface area (Å²) in [6, 6.07) is 7.73. The molecule has 0 heterocycles. The molecule has 0 spiro atoms. The lowest BCUT2D eigenvalue weighted by Gasteiger charge is -2.07. The summed E-state index contributed by atoms with van der Waals surface area (Å²) in [5.41, 5.74) is 2.10. The van der Waals surface area contributed by atoms with E-state index in [1.807, 2.05) is 24.3 Å². The SMILES string of the molecule is CCc1ccc(C(Cl)CC(=O)O)cc1. The third kappa shape index (κ3) is 3.04. The number of hydrogen-bond donors (Lipinski definition) is 1. The first-order valence-electron chi connectivity index (χ1n) is 4.58. The average molecular weight is 213 g/mol. The van der Waals surface area contributed by atoms with Crippen molar-refractivity contribution in [1.29, 1.82) is 0 Å². The summed E-state index contributed by atoms with van der Waals surface area (Å²) in [6.45, 7) is 2.07. The van der Waals surface area contributed by atoms with Gasteiger partial charge in [-0.25, -0.2) is 0 Å². The van der Waals surface area contributed by atoms with Crippen LogP contribution in [0.3, 0.4) is 0 Å². The van der Waals surface area contributed by atoms with Gasteiger partial charge in [-0.3, -0.25) is 4.79 Å². The Labute approximate surface area is 88.5 Å². The second kappa shape index (κ2) is 5.01. The van der Waals surface area contributed by atoms with Gasteiger partial charge in [-0.05, 0) is 17.5 Å². The van der Waals surface area contributed by atoms with Gasteiger partial charge in [-0.1, -0.05) is 31.2 Å². The van der Waals surface area contributed by atoms with Crippen LogP contribution in [0.4, 0.5) is 0 Å². The predicted octanol–water partition coefficient (Wildman–Crippen LogP) is 3.00. The van der Waals surface area contributed by atoms with E-state index in [2.05, 4.69) is 6.92 Å². The van der Waals surface area contributed by atoms with Gasteiger partial charge in [0.15, 0.2) is 0 Å². The number of aliphatic carboxylic acids is 1. The molecular formula is C11H13ClO2. The van der Waals surface area contributed by atoms with E-state index in [0.29, 0.717) is 0 Å². The van der Waals surface area contributed by atoms with Gasteiger partial charge in [-0.2, -0.15) is 0 Å². The van der Waals surface area contributed by atoms with Crippen molar-refractivity contribution in [3.8, 4) is 0 Å². The molecule has 76 valence electrons. The van der Waals surface area contributed by atoms with Gasteiger partial charge in [0.2, 0.25) is 0 Å². The second-order valence-corrected chi connectivity index (χ2v) is 3.69. The van der Waals surface area contributed by atoms with Crippen LogP contribution in [0.5, 0.6) is 0 Å². The smallest absolute Gasteiger partial charge is 0.305 e. The number of halogens is 1. The lowest BCUT2D eigenvalue weighted by molar-refractivity contribution is -0.137. The summed E-state index contributed by atoms with van der Waals surface area (Å²) in [5.74, 6) is -0.871. The van der Waals surface area contributed by atoms with Gasteiger partial charge in [0.05, 0.1) is 11.8 Å². The Kier molecular flexibility index (Phi) is 3.96. The summed E-state index contributed by atoms with van der Waals surface area (Å²) in [6.07, 6.45) is 0.944. The zero-order chi connectivity index (χ0) is 10.6. The topological polar surface area (TPSA) is 37.3 Å². The molecular weight excluding hydrogens is 200 g/mol. The van der Waals surface area contributed by atoms with Crippen molar-refractivity contribution in [2.45, 2.75) is 25.1 Å². The summed E-state index contributed by atoms with van der Waals surface area (Å²) in [4.78, 5) is 10.4. The first-order valence-corrected chi connectivity index (χ1v) is 5.01. The maximum absolute atomic E-state index is 10.4. The largest absolute Gasteiger partial charge is 0.481 e. The van der Waals surface area contributed by atoms with E-state index in [0.717, 1.165) is 12.0 Å².